The van der Waals surface area contributed by atoms with E-state index in [4.69, 9.17) is 13.6 Å². The van der Waals surface area contributed by atoms with Gasteiger partial charge in [-0.2, -0.15) is 0 Å². The largest absolute Gasteiger partial charge is 0.458 e. The van der Waals surface area contributed by atoms with Crippen LogP contribution in [0.3, 0.4) is 0 Å². The van der Waals surface area contributed by atoms with E-state index in [0.29, 0.717) is 35.9 Å². The molecule has 0 aromatic carbocycles. The fourth-order valence-corrected chi connectivity index (χ4v) is 10.8. The van der Waals surface area contributed by atoms with Gasteiger partial charge in [0.1, 0.15) is 18.0 Å². The zero-order chi connectivity index (χ0) is 29.6. The fraction of sp³-hybridized carbons (Fsp3) is 0.906. The molecule has 5 saturated carbocycles. The van der Waals surface area contributed by atoms with Crippen molar-refractivity contribution in [2.45, 2.75) is 119 Å². The van der Waals surface area contributed by atoms with Gasteiger partial charge >= 0.3 is 11.9 Å². The molecule has 5 fully saturated rings. The molecule has 0 N–H and O–H groups in total. The van der Waals surface area contributed by atoms with Crippen molar-refractivity contribution < 1.29 is 28.0 Å². The molecule has 0 amide bonds. The van der Waals surface area contributed by atoms with Crippen LogP contribution < -0.4 is 0 Å². The number of hydrogen-bond donors (Lipinski definition) is 0. The van der Waals surface area contributed by atoms with Gasteiger partial charge in [-0.1, -0.05) is 41.5 Å². The SMILES string of the molecule is [2H]C([2H])([2H])C(C)[C@@H](C)[C@@H](OC(C)=O)[C@H](OC(C)=O)[C@@H](C)[C@H]1CC[C@H]2[C@@H]3CC(=O)[C@]45C[C@H]4CC[C@]5(C)[C@H]3CC[C@]12C. The van der Waals surface area contributed by atoms with Gasteiger partial charge in [0.25, 0.3) is 0 Å². The Morgan fingerprint density at radius 3 is 2.24 bits per heavy atom. The number of ketones is 1. The van der Waals surface area contributed by atoms with Gasteiger partial charge in [0.05, 0.1) is 0 Å². The Morgan fingerprint density at radius 1 is 0.946 bits per heavy atom. The third-order valence-corrected chi connectivity index (χ3v) is 12.8. The van der Waals surface area contributed by atoms with Gasteiger partial charge in [-0.15, -0.1) is 0 Å². The predicted octanol–water partition coefficient (Wildman–Crippen LogP) is 6.62. The minimum Gasteiger partial charge on any atom is -0.458 e. The quantitative estimate of drug-likeness (QED) is 0.355. The lowest BCUT2D eigenvalue weighted by Gasteiger charge is -2.58. The van der Waals surface area contributed by atoms with E-state index < -0.39 is 42.8 Å². The van der Waals surface area contributed by atoms with Crippen LogP contribution in [-0.4, -0.2) is 29.9 Å². The molecule has 5 heteroatoms. The third kappa shape index (κ3) is 3.86. The first-order valence-electron chi connectivity index (χ1n) is 16.4. The van der Waals surface area contributed by atoms with E-state index in [9.17, 15) is 14.4 Å². The summed E-state index contributed by atoms with van der Waals surface area (Å²) >= 11 is 0. The summed E-state index contributed by atoms with van der Waals surface area (Å²) in [4.78, 5) is 38.4. The predicted molar refractivity (Wildman–Crippen MR) is 142 cm³/mol. The molecule has 0 aliphatic heterocycles. The summed E-state index contributed by atoms with van der Waals surface area (Å²) in [5.41, 5.74) is 0.103. The smallest absolute Gasteiger partial charge is 0.303 e. The average molecular weight is 518 g/mol. The topological polar surface area (TPSA) is 69.7 Å². The van der Waals surface area contributed by atoms with Crippen LogP contribution in [0.25, 0.3) is 0 Å². The molecule has 0 aromatic rings. The number of carbonyl (C=O) groups is 3. The summed E-state index contributed by atoms with van der Waals surface area (Å²) in [6.07, 6.45) is 6.88. The van der Waals surface area contributed by atoms with E-state index in [-0.39, 0.29) is 28.1 Å². The number of ether oxygens (including phenoxy) is 2. The zero-order valence-corrected chi connectivity index (χ0v) is 24.0. The van der Waals surface area contributed by atoms with Crippen LogP contribution in [0.2, 0.25) is 0 Å². The maximum Gasteiger partial charge on any atom is 0.303 e. The van der Waals surface area contributed by atoms with Crippen molar-refractivity contribution in [3.05, 3.63) is 0 Å². The Balaban J connectivity index is 1.43. The number of carbonyl (C=O) groups excluding carboxylic acids is 3. The third-order valence-electron chi connectivity index (χ3n) is 12.8. The molecular weight excluding hydrogens is 464 g/mol. The molecule has 5 rings (SSSR count). The normalized spacial score (nSPS) is 47.4. The molecule has 208 valence electrons. The average Bonchev–Trinajstić information content (AvgIpc) is 3.38. The van der Waals surface area contributed by atoms with Crippen LogP contribution >= 0.6 is 0 Å². The molecule has 0 aromatic heterocycles. The maximum atomic E-state index is 13.7. The summed E-state index contributed by atoms with van der Waals surface area (Å²) in [6, 6.07) is 0. The van der Waals surface area contributed by atoms with Crippen molar-refractivity contribution in [3.63, 3.8) is 0 Å². The highest BCUT2D eigenvalue weighted by Gasteiger charge is 2.77. The highest BCUT2D eigenvalue weighted by molar-refractivity contribution is 5.91. The van der Waals surface area contributed by atoms with Crippen molar-refractivity contribution in [1.29, 1.82) is 0 Å². The molecule has 5 aliphatic rings. The van der Waals surface area contributed by atoms with E-state index in [0.717, 1.165) is 32.1 Å². The molecule has 0 radical (unpaired) electrons. The Morgan fingerprint density at radius 2 is 1.62 bits per heavy atom. The Labute approximate surface area is 228 Å². The van der Waals surface area contributed by atoms with Gasteiger partial charge in [0, 0.05) is 35.7 Å². The van der Waals surface area contributed by atoms with Gasteiger partial charge in [0.2, 0.25) is 0 Å². The van der Waals surface area contributed by atoms with Crippen LogP contribution in [-0.2, 0) is 23.9 Å². The van der Waals surface area contributed by atoms with E-state index >= 15 is 0 Å². The molecule has 1 spiro atoms. The number of Topliss-reactive ketones (excluding diaryl/α,β-unsaturated/α-hetero) is 1. The molecule has 0 heterocycles. The fourth-order valence-electron chi connectivity index (χ4n) is 10.8. The number of fused-ring (bicyclic) bond motifs is 4. The summed E-state index contributed by atoms with van der Waals surface area (Å²) in [6.45, 7) is 10.8. The lowest BCUT2D eigenvalue weighted by Crippen LogP contribution is -2.56. The summed E-state index contributed by atoms with van der Waals surface area (Å²) in [5, 5.41) is 0. The standard InChI is InChI=1S/C32H50O5/c1-17(2)18(3)28(36-20(5)33)29(37-21(6)34)19(4)24-9-10-25-23-15-27(35)32-16-22(32)11-14-31(32,8)26(23)12-13-30(24,25)7/h17-19,22-26,28-29H,9-16H2,1-8H3/t18-,19+,22-,23+,24-,25+,26+,28-,29-,30-,31-,32+/m1/s1/i1D3/t17?,18-,19+,22-,23+,24-,25+,26+,28-,29-,30-,31-,32+. The summed E-state index contributed by atoms with van der Waals surface area (Å²) < 4.78 is 35.8. The van der Waals surface area contributed by atoms with Gasteiger partial charge in [0.15, 0.2) is 0 Å². The van der Waals surface area contributed by atoms with Crippen molar-refractivity contribution in [2.75, 3.05) is 0 Å². The molecule has 5 aliphatic carbocycles. The molecule has 1 unspecified atom stereocenters. The molecular formula is C32H50O5. The van der Waals surface area contributed by atoms with Crippen LogP contribution in [0.1, 0.15) is 111 Å². The summed E-state index contributed by atoms with van der Waals surface area (Å²) in [7, 11) is 0. The Hall–Kier alpha value is -1.39. The molecule has 0 bridgehead atoms. The minimum atomic E-state index is -2.23. The summed E-state index contributed by atoms with van der Waals surface area (Å²) in [5.74, 6) is 0.436. The van der Waals surface area contributed by atoms with Gasteiger partial charge in [-0.25, -0.2) is 0 Å². The van der Waals surface area contributed by atoms with Crippen LogP contribution in [0.15, 0.2) is 0 Å². The van der Waals surface area contributed by atoms with Crippen molar-refractivity contribution in [1.82, 2.24) is 0 Å². The van der Waals surface area contributed by atoms with E-state index in [1.807, 2.05) is 0 Å². The van der Waals surface area contributed by atoms with Crippen molar-refractivity contribution in [2.24, 2.45) is 63.6 Å². The van der Waals surface area contributed by atoms with Crippen LogP contribution in [0.5, 0.6) is 0 Å². The Bertz CT molecular complexity index is 1060. The lowest BCUT2D eigenvalue weighted by molar-refractivity contribution is -0.181. The van der Waals surface area contributed by atoms with Gasteiger partial charge in [-0.3, -0.25) is 14.4 Å². The molecule has 5 nitrogen and oxygen atoms in total. The van der Waals surface area contributed by atoms with Crippen LogP contribution in [0.4, 0.5) is 0 Å². The second-order valence-corrected chi connectivity index (χ2v) is 14.2. The second kappa shape index (κ2) is 9.08. The first-order valence-corrected chi connectivity index (χ1v) is 14.9. The highest BCUT2D eigenvalue weighted by atomic mass is 16.6. The minimum absolute atomic E-state index is 0.0126. The van der Waals surface area contributed by atoms with E-state index in [1.54, 1.807) is 13.8 Å². The zero-order valence-electron chi connectivity index (χ0n) is 27.0. The van der Waals surface area contributed by atoms with E-state index in [2.05, 4.69) is 20.8 Å². The molecule has 13 atom stereocenters. The number of esters is 2. The van der Waals surface area contributed by atoms with Crippen LogP contribution in [0, 0.1) is 63.6 Å². The van der Waals surface area contributed by atoms with Crippen molar-refractivity contribution >= 4 is 17.7 Å². The lowest BCUT2D eigenvalue weighted by atomic mass is 9.45. The van der Waals surface area contributed by atoms with Crippen molar-refractivity contribution in [3.8, 4) is 0 Å². The Kier molecular flexibility index (Phi) is 5.77. The van der Waals surface area contributed by atoms with E-state index in [1.165, 1.54) is 26.7 Å². The molecule has 0 saturated heterocycles. The molecule has 37 heavy (non-hydrogen) atoms. The number of rotatable bonds is 7. The maximum absolute atomic E-state index is 13.7. The number of hydrogen-bond acceptors (Lipinski definition) is 5. The monoisotopic (exact) mass is 517 g/mol. The van der Waals surface area contributed by atoms with Gasteiger partial charge < -0.3 is 9.47 Å². The first kappa shape index (κ1) is 23.5. The van der Waals surface area contributed by atoms with Gasteiger partial charge in [-0.05, 0) is 97.2 Å². The first-order chi connectivity index (χ1) is 18.5. The second-order valence-electron chi connectivity index (χ2n) is 14.2. The highest BCUT2D eigenvalue weighted by Crippen LogP contribution is 2.80.